The summed E-state index contributed by atoms with van der Waals surface area (Å²) in [6.45, 7) is 15.7. The van der Waals surface area contributed by atoms with Gasteiger partial charge in [0.2, 0.25) is 0 Å². The van der Waals surface area contributed by atoms with Crippen LogP contribution < -0.4 is 9.47 Å². The molecule has 0 aromatic heterocycles. The van der Waals surface area contributed by atoms with Gasteiger partial charge >= 0.3 is 5.97 Å². The topological polar surface area (TPSA) is 59.0 Å². The van der Waals surface area contributed by atoms with Crippen molar-refractivity contribution in [3.05, 3.63) is 57.7 Å². The summed E-state index contributed by atoms with van der Waals surface area (Å²) in [6.07, 6.45) is 18.7. The fourth-order valence-corrected chi connectivity index (χ4v) is 5.77. The number of carboxylic acid groups (broad SMARTS) is 1. The van der Waals surface area contributed by atoms with Crippen LogP contribution in [-0.2, 0) is 17.8 Å². The van der Waals surface area contributed by atoms with E-state index in [1.807, 2.05) is 0 Å². The van der Waals surface area contributed by atoms with Crippen molar-refractivity contribution < 1.29 is 19.4 Å². The van der Waals surface area contributed by atoms with Gasteiger partial charge in [-0.05, 0) is 117 Å². The maximum atomic E-state index is 10.8. The Balaban J connectivity index is 1.51. The summed E-state index contributed by atoms with van der Waals surface area (Å²) >= 11 is 0. The van der Waals surface area contributed by atoms with E-state index < -0.39 is 5.97 Å². The van der Waals surface area contributed by atoms with Crippen LogP contribution in [0, 0.1) is 6.92 Å². The lowest BCUT2D eigenvalue weighted by Gasteiger charge is -2.39. The lowest BCUT2D eigenvalue weighted by molar-refractivity contribution is -0.137. The largest absolute Gasteiger partial charge is 0.487 e. The number of aliphatic carboxylic acids is 1. The van der Waals surface area contributed by atoms with Crippen LogP contribution in [0.1, 0.15) is 122 Å². The molecule has 1 aromatic carbocycles. The molecule has 0 bridgehead atoms. The molecule has 40 heavy (non-hydrogen) atoms. The maximum Gasteiger partial charge on any atom is 0.303 e. The highest BCUT2D eigenvalue weighted by molar-refractivity contribution is 5.66. The average Bonchev–Trinajstić information content (AvgIpc) is 2.88. The molecule has 0 saturated carbocycles. The Kier molecular flexibility index (Phi) is 12.4. The number of hydrogen-bond donors (Lipinski definition) is 1. The van der Waals surface area contributed by atoms with Gasteiger partial charge in [-0.25, -0.2) is 0 Å². The molecule has 1 aromatic rings. The number of hydrogen-bond acceptors (Lipinski definition) is 4. The maximum absolute atomic E-state index is 10.8. The predicted octanol–water partition coefficient (Wildman–Crippen LogP) is 9.08. The third-order valence-electron chi connectivity index (χ3n) is 8.33. The van der Waals surface area contributed by atoms with Gasteiger partial charge in [0, 0.05) is 30.6 Å². The Labute approximate surface area is 243 Å². The van der Waals surface area contributed by atoms with Crippen molar-refractivity contribution in [1.82, 2.24) is 4.90 Å². The smallest absolute Gasteiger partial charge is 0.303 e. The first kappa shape index (κ1) is 32.0. The minimum absolute atomic E-state index is 0.149. The first-order valence-corrected chi connectivity index (χ1v) is 15.4. The third kappa shape index (κ3) is 10.1. The Morgan fingerprint density at radius 2 is 1.68 bits per heavy atom. The summed E-state index contributed by atoms with van der Waals surface area (Å²) in [7, 11) is 0. The summed E-state index contributed by atoms with van der Waals surface area (Å²) in [5, 5.41) is 8.85. The van der Waals surface area contributed by atoms with Crippen LogP contribution in [0.5, 0.6) is 11.5 Å². The number of unbranched alkanes of at least 4 members (excludes halogenated alkanes) is 2. The van der Waals surface area contributed by atoms with Crippen molar-refractivity contribution >= 4 is 5.97 Å². The Morgan fingerprint density at radius 1 is 0.975 bits per heavy atom. The van der Waals surface area contributed by atoms with Gasteiger partial charge in [-0.15, -0.1) is 0 Å². The van der Waals surface area contributed by atoms with Crippen LogP contribution in [0.15, 0.2) is 41.0 Å². The fraction of sp³-hybridized carbons (Fsp3) is 0.629. The second-order valence-corrected chi connectivity index (χ2v) is 12.6. The zero-order valence-electron chi connectivity index (χ0n) is 26.0. The quantitative estimate of drug-likeness (QED) is 0.174. The van der Waals surface area contributed by atoms with Crippen LogP contribution >= 0.6 is 0 Å². The molecule has 0 fully saturated rings. The van der Waals surface area contributed by atoms with Gasteiger partial charge in [-0.2, -0.15) is 0 Å². The third-order valence-corrected chi connectivity index (χ3v) is 8.33. The van der Waals surface area contributed by atoms with Crippen LogP contribution in [0.2, 0.25) is 0 Å². The van der Waals surface area contributed by atoms with Crippen molar-refractivity contribution in [2.75, 3.05) is 13.3 Å². The van der Waals surface area contributed by atoms with Crippen molar-refractivity contribution in [3.8, 4) is 11.5 Å². The molecule has 0 amide bonds. The van der Waals surface area contributed by atoms with Gasteiger partial charge < -0.3 is 14.6 Å². The van der Waals surface area contributed by atoms with Gasteiger partial charge in [-0.1, -0.05) is 41.4 Å². The second-order valence-electron chi connectivity index (χ2n) is 12.6. The lowest BCUT2D eigenvalue weighted by atomic mass is 9.85. The summed E-state index contributed by atoms with van der Waals surface area (Å²) < 4.78 is 12.9. The van der Waals surface area contributed by atoms with E-state index in [1.54, 1.807) is 0 Å². The SMILES string of the molecule is CC(C)=CCC/C(C)=C/CC/C(C)=C/CC[C@]1(C)CCc2c3c(cc(C)c2O1)OCN(CCCCCC(=O)O)C3. The molecule has 2 heterocycles. The molecule has 2 aliphatic rings. The van der Waals surface area contributed by atoms with Crippen molar-refractivity contribution in [3.63, 3.8) is 0 Å². The molecule has 3 rings (SSSR count). The van der Waals surface area contributed by atoms with E-state index in [9.17, 15) is 4.79 Å². The van der Waals surface area contributed by atoms with Gasteiger partial charge in [0.15, 0.2) is 0 Å². The minimum Gasteiger partial charge on any atom is -0.487 e. The number of fused-ring (bicyclic) bond motifs is 3. The zero-order valence-corrected chi connectivity index (χ0v) is 26.0. The van der Waals surface area contributed by atoms with Gasteiger partial charge in [-0.3, -0.25) is 9.69 Å². The first-order valence-electron chi connectivity index (χ1n) is 15.4. The molecule has 0 unspecified atom stereocenters. The monoisotopic (exact) mass is 551 g/mol. The number of rotatable bonds is 15. The van der Waals surface area contributed by atoms with E-state index in [-0.39, 0.29) is 12.0 Å². The molecule has 1 N–H and O–H groups in total. The van der Waals surface area contributed by atoms with E-state index >= 15 is 0 Å². The Bertz CT molecular complexity index is 1100. The summed E-state index contributed by atoms with van der Waals surface area (Å²) in [5.41, 5.74) is 7.98. The van der Waals surface area contributed by atoms with E-state index in [0.29, 0.717) is 6.73 Å². The molecule has 0 saturated heterocycles. The molecule has 5 nitrogen and oxygen atoms in total. The molecule has 0 aliphatic carbocycles. The van der Waals surface area contributed by atoms with Crippen molar-refractivity contribution in [2.24, 2.45) is 0 Å². The molecular formula is C35H53NO4. The second kappa shape index (κ2) is 15.5. The fourth-order valence-electron chi connectivity index (χ4n) is 5.77. The predicted molar refractivity (Wildman–Crippen MR) is 165 cm³/mol. The number of carbonyl (C=O) groups is 1. The molecular weight excluding hydrogens is 498 g/mol. The summed E-state index contributed by atoms with van der Waals surface area (Å²) in [6, 6.07) is 2.16. The number of aryl methyl sites for hydroxylation is 1. The van der Waals surface area contributed by atoms with E-state index in [4.69, 9.17) is 14.6 Å². The van der Waals surface area contributed by atoms with E-state index in [0.717, 1.165) is 95.2 Å². The molecule has 0 spiro atoms. The standard InChI is InChI=1S/C35H53NO4/c1-26(2)13-10-14-27(3)15-11-16-28(4)17-12-20-35(6)21-19-30-31-24-36(22-9-7-8-18-33(37)38)25-39-32(31)23-29(5)34(30)40-35/h13,15,17,23H,7-12,14,16,18-22,24-25H2,1-6H3,(H,37,38)/b27-15+,28-17+/t35-/m1/s1. The minimum atomic E-state index is -0.709. The van der Waals surface area contributed by atoms with Crippen LogP contribution in [-0.4, -0.2) is 34.9 Å². The average molecular weight is 552 g/mol. The lowest BCUT2D eigenvalue weighted by Crippen LogP contribution is -2.38. The highest BCUT2D eigenvalue weighted by Gasteiger charge is 2.35. The highest BCUT2D eigenvalue weighted by Crippen LogP contribution is 2.44. The summed E-state index contributed by atoms with van der Waals surface area (Å²) in [5.74, 6) is 1.36. The van der Waals surface area contributed by atoms with Crippen LogP contribution in [0.3, 0.4) is 0 Å². The number of nitrogens with zero attached hydrogens (tertiary/aromatic N) is 1. The van der Waals surface area contributed by atoms with E-state index in [1.165, 1.54) is 33.4 Å². The summed E-state index contributed by atoms with van der Waals surface area (Å²) in [4.78, 5) is 13.1. The molecule has 5 heteroatoms. The van der Waals surface area contributed by atoms with Gasteiger partial charge in [0.05, 0.1) is 0 Å². The Hall–Kier alpha value is -2.53. The highest BCUT2D eigenvalue weighted by atomic mass is 16.5. The van der Waals surface area contributed by atoms with E-state index in [2.05, 4.69) is 70.7 Å². The van der Waals surface area contributed by atoms with Gasteiger partial charge in [0.1, 0.15) is 23.8 Å². The normalized spacial score (nSPS) is 19.4. The molecule has 2 aliphatic heterocycles. The van der Waals surface area contributed by atoms with Gasteiger partial charge in [0.25, 0.3) is 0 Å². The molecule has 1 atom stereocenters. The first-order chi connectivity index (χ1) is 19.1. The number of benzene rings is 1. The van der Waals surface area contributed by atoms with Crippen molar-refractivity contribution in [2.45, 2.75) is 131 Å². The van der Waals surface area contributed by atoms with Crippen molar-refractivity contribution in [1.29, 1.82) is 0 Å². The number of allylic oxidation sites excluding steroid dienone is 6. The number of ether oxygens (including phenoxy) is 2. The molecule has 0 radical (unpaired) electrons. The Morgan fingerprint density at radius 3 is 2.38 bits per heavy atom. The zero-order chi connectivity index (χ0) is 29.1. The molecule has 222 valence electrons. The van der Waals surface area contributed by atoms with Crippen LogP contribution in [0.25, 0.3) is 0 Å². The number of carboxylic acids is 1. The van der Waals surface area contributed by atoms with Crippen LogP contribution in [0.4, 0.5) is 0 Å².